The quantitative estimate of drug-likeness (QED) is 0.373. The van der Waals surface area contributed by atoms with Crippen LogP contribution in [0.4, 0.5) is 10.1 Å². The van der Waals surface area contributed by atoms with Gasteiger partial charge in [0.15, 0.2) is 5.65 Å². The molecule has 1 N–H and O–H groups in total. The maximum Gasteiger partial charge on any atom is 0.246 e. The van der Waals surface area contributed by atoms with Gasteiger partial charge in [-0.2, -0.15) is 15.3 Å². The predicted octanol–water partition coefficient (Wildman–Crippen LogP) is 4.40. The predicted molar refractivity (Wildman–Crippen MR) is 140 cm³/mol. The average Bonchev–Trinajstić information content (AvgIpc) is 3.41. The number of hydrogen-bond donors (Lipinski definition) is 1. The number of nitrogens with zero attached hydrogens (tertiary/aromatic N) is 7. The molecule has 0 aliphatic heterocycles. The Morgan fingerprint density at radius 2 is 1.59 bits per heavy atom. The van der Waals surface area contributed by atoms with Crippen molar-refractivity contribution in [2.75, 3.05) is 5.32 Å². The molecule has 4 aromatic heterocycles. The van der Waals surface area contributed by atoms with Gasteiger partial charge < -0.3 is 5.32 Å². The molecule has 37 heavy (non-hydrogen) atoms. The van der Waals surface area contributed by atoms with Crippen LogP contribution < -0.4 is 5.32 Å². The molecule has 1 aromatic carbocycles. The van der Waals surface area contributed by atoms with Crippen molar-refractivity contribution in [3.8, 4) is 11.1 Å². The minimum Gasteiger partial charge on any atom is -0.321 e. The number of aryl methyl sites for hydroxylation is 4. The standard InChI is InChI=1S/C27H29FN8O/c1-15-23(18(4)34(6)31-15)13-35-19(5)26(17(3)33-35)30-24(37)14-36-27-25(16(2)32-36)22(11-12-29-27)20-7-9-21(28)10-8-20/h7-12H,13-14H2,1-6H3,(H,30,37). The van der Waals surface area contributed by atoms with Crippen LogP contribution in [0.1, 0.15) is 34.0 Å². The monoisotopic (exact) mass is 500 g/mol. The first-order valence-electron chi connectivity index (χ1n) is 12.0. The van der Waals surface area contributed by atoms with E-state index < -0.39 is 0 Å². The summed E-state index contributed by atoms with van der Waals surface area (Å²) < 4.78 is 18.8. The molecule has 0 bridgehead atoms. The fourth-order valence-electron chi connectivity index (χ4n) is 4.80. The van der Waals surface area contributed by atoms with Gasteiger partial charge in [-0.15, -0.1) is 0 Å². The average molecular weight is 501 g/mol. The largest absolute Gasteiger partial charge is 0.321 e. The topological polar surface area (TPSA) is 95.5 Å². The SMILES string of the molecule is Cc1nn(C)c(C)c1Cn1nc(C)c(NC(=O)Cn2nc(C)c3c(-c4ccc(F)cc4)ccnc32)c1C. The molecule has 0 unspecified atom stereocenters. The number of fused-ring (bicyclic) bond motifs is 1. The molecule has 0 fully saturated rings. The van der Waals surface area contributed by atoms with Gasteiger partial charge in [-0.05, 0) is 63.9 Å². The van der Waals surface area contributed by atoms with Crippen molar-refractivity contribution in [2.45, 2.75) is 47.7 Å². The van der Waals surface area contributed by atoms with Crippen molar-refractivity contribution in [3.63, 3.8) is 0 Å². The molecule has 0 spiro atoms. The second kappa shape index (κ2) is 9.27. The Morgan fingerprint density at radius 3 is 2.27 bits per heavy atom. The highest BCUT2D eigenvalue weighted by Crippen LogP contribution is 2.30. The van der Waals surface area contributed by atoms with E-state index in [-0.39, 0.29) is 18.3 Å². The number of nitrogens with one attached hydrogen (secondary N) is 1. The van der Waals surface area contributed by atoms with Gasteiger partial charge in [-0.25, -0.2) is 14.1 Å². The number of amides is 1. The van der Waals surface area contributed by atoms with E-state index in [9.17, 15) is 9.18 Å². The fraction of sp³-hybridized carbons (Fsp3) is 0.296. The summed E-state index contributed by atoms with van der Waals surface area (Å²) in [7, 11) is 1.93. The number of carbonyl (C=O) groups is 1. The van der Waals surface area contributed by atoms with Gasteiger partial charge in [0.05, 0.1) is 35.0 Å². The van der Waals surface area contributed by atoms with Gasteiger partial charge in [0.25, 0.3) is 0 Å². The number of aromatic nitrogens is 7. The van der Waals surface area contributed by atoms with Crippen LogP contribution in [0.2, 0.25) is 0 Å². The van der Waals surface area contributed by atoms with Crippen LogP contribution in [0.3, 0.4) is 0 Å². The van der Waals surface area contributed by atoms with E-state index in [0.29, 0.717) is 17.9 Å². The number of rotatable bonds is 6. The molecule has 190 valence electrons. The zero-order valence-electron chi connectivity index (χ0n) is 21.8. The number of carbonyl (C=O) groups excluding carboxylic acids is 1. The number of halogens is 1. The number of hydrogen-bond acceptors (Lipinski definition) is 5. The van der Waals surface area contributed by atoms with E-state index in [1.165, 1.54) is 12.1 Å². The number of anilines is 1. The number of benzene rings is 1. The third-order valence-corrected chi connectivity index (χ3v) is 6.87. The van der Waals surface area contributed by atoms with Crippen LogP contribution >= 0.6 is 0 Å². The molecular weight excluding hydrogens is 471 g/mol. The first kappa shape index (κ1) is 24.4. The lowest BCUT2D eigenvalue weighted by atomic mass is 10.0. The van der Waals surface area contributed by atoms with Gasteiger partial charge in [0.1, 0.15) is 12.4 Å². The first-order chi connectivity index (χ1) is 17.6. The first-order valence-corrected chi connectivity index (χ1v) is 12.0. The highest BCUT2D eigenvalue weighted by Gasteiger charge is 2.20. The van der Waals surface area contributed by atoms with Gasteiger partial charge in [0.2, 0.25) is 5.91 Å². The maximum atomic E-state index is 13.4. The number of pyridine rings is 1. The molecule has 0 saturated heterocycles. The summed E-state index contributed by atoms with van der Waals surface area (Å²) in [6, 6.07) is 8.19. The Bertz CT molecular complexity index is 1640. The Morgan fingerprint density at radius 1 is 0.892 bits per heavy atom. The smallest absolute Gasteiger partial charge is 0.246 e. The lowest BCUT2D eigenvalue weighted by molar-refractivity contribution is -0.116. The summed E-state index contributed by atoms with van der Waals surface area (Å²) in [5.74, 6) is -0.518. The Labute approximate surface area is 213 Å². The third-order valence-electron chi connectivity index (χ3n) is 6.87. The van der Waals surface area contributed by atoms with E-state index in [2.05, 4.69) is 25.6 Å². The highest BCUT2D eigenvalue weighted by atomic mass is 19.1. The minimum absolute atomic E-state index is 0.00487. The molecular formula is C27H29FN8O. The zero-order chi connectivity index (χ0) is 26.4. The summed E-state index contributed by atoms with van der Waals surface area (Å²) in [4.78, 5) is 17.6. The van der Waals surface area contributed by atoms with E-state index >= 15 is 0 Å². The van der Waals surface area contributed by atoms with Gasteiger partial charge in [0, 0.05) is 29.9 Å². The second-order valence-electron chi connectivity index (χ2n) is 9.33. The summed E-state index contributed by atoms with van der Waals surface area (Å²) in [5.41, 5.74) is 8.57. The molecule has 0 aliphatic carbocycles. The molecule has 4 heterocycles. The van der Waals surface area contributed by atoms with Crippen molar-refractivity contribution in [2.24, 2.45) is 7.05 Å². The van der Waals surface area contributed by atoms with E-state index in [1.54, 1.807) is 23.0 Å². The molecule has 0 aliphatic rings. The van der Waals surface area contributed by atoms with Crippen molar-refractivity contribution in [3.05, 3.63) is 76.4 Å². The van der Waals surface area contributed by atoms with Crippen molar-refractivity contribution in [1.82, 2.24) is 34.3 Å². The Balaban J connectivity index is 1.39. The van der Waals surface area contributed by atoms with Gasteiger partial charge >= 0.3 is 0 Å². The normalized spacial score (nSPS) is 11.4. The van der Waals surface area contributed by atoms with Crippen LogP contribution in [-0.4, -0.2) is 40.2 Å². The molecule has 0 saturated carbocycles. The van der Waals surface area contributed by atoms with E-state index in [1.807, 2.05) is 57.1 Å². The Kier molecular flexibility index (Phi) is 6.10. The van der Waals surface area contributed by atoms with Gasteiger partial charge in [-0.3, -0.25) is 14.2 Å². The maximum absolute atomic E-state index is 13.4. The van der Waals surface area contributed by atoms with Crippen LogP contribution in [0, 0.1) is 40.4 Å². The Hall–Kier alpha value is -4.34. The molecule has 0 atom stereocenters. The molecule has 5 aromatic rings. The molecule has 10 heteroatoms. The van der Waals surface area contributed by atoms with Crippen molar-refractivity contribution < 1.29 is 9.18 Å². The molecule has 1 amide bonds. The van der Waals surface area contributed by atoms with Crippen molar-refractivity contribution >= 4 is 22.6 Å². The summed E-state index contributed by atoms with van der Waals surface area (Å²) in [5, 5.41) is 17.6. The fourth-order valence-corrected chi connectivity index (χ4v) is 4.80. The van der Waals surface area contributed by atoms with Crippen LogP contribution in [0.15, 0.2) is 36.5 Å². The van der Waals surface area contributed by atoms with Crippen LogP contribution in [0.25, 0.3) is 22.2 Å². The molecule has 0 radical (unpaired) electrons. The molecule has 9 nitrogen and oxygen atoms in total. The zero-order valence-corrected chi connectivity index (χ0v) is 21.8. The van der Waals surface area contributed by atoms with Crippen LogP contribution in [0.5, 0.6) is 0 Å². The molecule has 5 rings (SSSR count). The third kappa shape index (κ3) is 4.39. The summed E-state index contributed by atoms with van der Waals surface area (Å²) >= 11 is 0. The second-order valence-corrected chi connectivity index (χ2v) is 9.33. The highest BCUT2D eigenvalue weighted by molar-refractivity contribution is 5.96. The lowest BCUT2D eigenvalue weighted by Gasteiger charge is -2.09. The minimum atomic E-state index is -0.294. The van der Waals surface area contributed by atoms with E-state index in [0.717, 1.165) is 50.5 Å². The summed E-state index contributed by atoms with van der Waals surface area (Å²) in [6.45, 7) is 10.3. The van der Waals surface area contributed by atoms with Crippen molar-refractivity contribution in [1.29, 1.82) is 0 Å². The lowest BCUT2D eigenvalue weighted by Crippen LogP contribution is -2.20. The van der Waals surface area contributed by atoms with Gasteiger partial charge in [-0.1, -0.05) is 12.1 Å². The van der Waals surface area contributed by atoms with Crippen LogP contribution in [-0.2, 0) is 24.9 Å². The van der Waals surface area contributed by atoms with E-state index in [4.69, 9.17) is 0 Å². The summed E-state index contributed by atoms with van der Waals surface area (Å²) in [6.07, 6.45) is 1.68.